The van der Waals surface area contributed by atoms with Crippen molar-refractivity contribution >= 4 is 16.9 Å². The summed E-state index contributed by atoms with van der Waals surface area (Å²) < 4.78 is 10.8. The van der Waals surface area contributed by atoms with Gasteiger partial charge in [-0.25, -0.2) is 4.79 Å². The highest BCUT2D eigenvalue weighted by molar-refractivity contribution is 5.96. The third kappa shape index (κ3) is 4.92. The summed E-state index contributed by atoms with van der Waals surface area (Å²) in [6, 6.07) is 17.3. The smallest absolute Gasteiger partial charge is 0.349 e. The van der Waals surface area contributed by atoms with E-state index in [0.29, 0.717) is 25.3 Å². The Morgan fingerprint density at radius 2 is 1.75 bits per heavy atom. The molecule has 0 radical (unpaired) electrons. The fourth-order valence-corrected chi connectivity index (χ4v) is 4.06. The van der Waals surface area contributed by atoms with Gasteiger partial charge in [0.15, 0.2) is 0 Å². The maximum absolute atomic E-state index is 12.9. The molecule has 1 aromatic heterocycles. The molecule has 4 rings (SSSR count). The molecule has 0 aliphatic carbocycles. The van der Waals surface area contributed by atoms with Crippen LogP contribution in [0.15, 0.2) is 63.8 Å². The first-order chi connectivity index (χ1) is 15.3. The van der Waals surface area contributed by atoms with Crippen molar-refractivity contribution in [2.45, 2.75) is 32.2 Å². The van der Waals surface area contributed by atoms with E-state index in [4.69, 9.17) is 9.15 Å². The van der Waals surface area contributed by atoms with Gasteiger partial charge >= 0.3 is 5.63 Å². The van der Waals surface area contributed by atoms with Crippen LogP contribution in [-0.4, -0.2) is 43.7 Å². The Morgan fingerprint density at radius 1 is 1.06 bits per heavy atom. The Morgan fingerprint density at radius 3 is 2.44 bits per heavy atom. The van der Waals surface area contributed by atoms with Gasteiger partial charge in [-0.05, 0) is 28.7 Å². The van der Waals surface area contributed by atoms with Gasteiger partial charge in [0.2, 0.25) is 0 Å². The molecule has 1 N–H and O–H groups in total. The Kier molecular flexibility index (Phi) is 6.44. The molecule has 6 heteroatoms. The van der Waals surface area contributed by atoms with Gasteiger partial charge < -0.3 is 14.5 Å². The number of carbonyl (C=O) groups excluding carboxylic acids is 1. The van der Waals surface area contributed by atoms with Crippen molar-refractivity contribution in [2.75, 3.05) is 32.8 Å². The lowest BCUT2D eigenvalue weighted by molar-refractivity contribution is 0.0162. The van der Waals surface area contributed by atoms with Crippen molar-refractivity contribution in [1.29, 1.82) is 0 Å². The molecule has 32 heavy (non-hydrogen) atoms. The maximum atomic E-state index is 12.9. The lowest BCUT2D eigenvalue weighted by atomic mass is 9.86. The van der Waals surface area contributed by atoms with E-state index in [0.717, 1.165) is 24.0 Å². The summed E-state index contributed by atoms with van der Waals surface area (Å²) in [5.41, 5.74) is 2.33. The monoisotopic (exact) mass is 434 g/mol. The summed E-state index contributed by atoms with van der Waals surface area (Å²) in [5, 5.41) is 3.69. The molecular weight excluding hydrogens is 404 g/mol. The Balaban J connectivity index is 1.55. The van der Waals surface area contributed by atoms with Crippen LogP contribution >= 0.6 is 0 Å². The molecule has 1 aliphatic rings. The van der Waals surface area contributed by atoms with E-state index in [-0.39, 0.29) is 17.0 Å². The van der Waals surface area contributed by atoms with E-state index in [1.54, 1.807) is 18.2 Å². The summed E-state index contributed by atoms with van der Waals surface area (Å²) in [6.07, 6.45) is 0. The van der Waals surface area contributed by atoms with Crippen LogP contribution in [0.5, 0.6) is 0 Å². The zero-order chi connectivity index (χ0) is 22.7. The summed E-state index contributed by atoms with van der Waals surface area (Å²) >= 11 is 0. The highest BCUT2D eigenvalue weighted by atomic mass is 16.5. The highest BCUT2D eigenvalue weighted by Crippen LogP contribution is 2.26. The molecule has 2 heterocycles. The van der Waals surface area contributed by atoms with Gasteiger partial charge in [-0.3, -0.25) is 9.69 Å². The zero-order valence-corrected chi connectivity index (χ0v) is 18.9. The summed E-state index contributed by atoms with van der Waals surface area (Å²) in [5.74, 6) is -0.422. The van der Waals surface area contributed by atoms with Crippen LogP contribution < -0.4 is 10.9 Å². The third-order valence-corrected chi connectivity index (χ3v) is 5.99. The average molecular weight is 435 g/mol. The van der Waals surface area contributed by atoms with Gasteiger partial charge in [-0.15, -0.1) is 0 Å². The number of amides is 1. The molecule has 0 saturated carbocycles. The molecule has 168 valence electrons. The second kappa shape index (κ2) is 9.27. The number of para-hydroxylation sites is 1. The number of benzene rings is 2. The Hall–Kier alpha value is -2.96. The molecule has 1 atom stereocenters. The fourth-order valence-electron chi connectivity index (χ4n) is 4.06. The molecule has 3 aromatic rings. The predicted octanol–water partition coefficient (Wildman–Crippen LogP) is 3.89. The van der Waals surface area contributed by atoms with E-state index < -0.39 is 11.5 Å². The largest absolute Gasteiger partial charge is 0.422 e. The van der Waals surface area contributed by atoms with Crippen molar-refractivity contribution in [3.8, 4) is 0 Å². The van der Waals surface area contributed by atoms with Crippen LogP contribution in [0.4, 0.5) is 0 Å². The maximum Gasteiger partial charge on any atom is 0.349 e. The van der Waals surface area contributed by atoms with Crippen molar-refractivity contribution in [3.63, 3.8) is 0 Å². The van der Waals surface area contributed by atoms with Crippen LogP contribution in [0.25, 0.3) is 11.0 Å². The molecule has 0 bridgehead atoms. The number of fused-ring (bicyclic) bond motifs is 1. The summed E-state index contributed by atoms with van der Waals surface area (Å²) in [7, 11) is 0. The summed E-state index contributed by atoms with van der Waals surface area (Å²) in [6.45, 7) is 9.88. The second-order valence-corrected chi connectivity index (χ2v) is 9.23. The van der Waals surface area contributed by atoms with Crippen molar-refractivity contribution in [3.05, 3.63) is 81.7 Å². The van der Waals surface area contributed by atoms with E-state index in [2.05, 4.69) is 55.3 Å². The first-order valence-corrected chi connectivity index (χ1v) is 11.1. The van der Waals surface area contributed by atoms with Crippen LogP contribution in [-0.2, 0) is 10.2 Å². The molecule has 1 aliphatic heterocycles. The van der Waals surface area contributed by atoms with Crippen LogP contribution in [0.1, 0.15) is 48.3 Å². The van der Waals surface area contributed by atoms with Crippen molar-refractivity contribution in [1.82, 2.24) is 10.2 Å². The quantitative estimate of drug-likeness (QED) is 0.617. The van der Waals surface area contributed by atoms with Crippen LogP contribution in [0, 0.1) is 0 Å². The number of hydrogen-bond acceptors (Lipinski definition) is 5. The molecule has 1 saturated heterocycles. The van der Waals surface area contributed by atoms with Crippen molar-refractivity contribution < 1.29 is 13.9 Å². The van der Waals surface area contributed by atoms with Gasteiger partial charge in [0, 0.05) is 25.0 Å². The molecule has 1 fully saturated rings. The normalized spacial score (nSPS) is 16.1. The fraction of sp³-hybridized carbons (Fsp3) is 0.385. The Labute approximate surface area is 188 Å². The number of ether oxygens (including phenoxy) is 1. The van der Waals surface area contributed by atoms with Gasteiger partial charge in [0.25, 0.3) is 5.91 Å². The first-order valence-electron chi connectivity index (χ1n) is 11.1. The number of carbonyl (C=O) groups is 1. The number of morpholine rings is 1. The molecule has 2 aromatic carbocycles. The minimum Gasteiger partial charge on any atom is -0.422 e. The molecule has 1 amide bonds. The number of rotatable bonds is 5. The molecule has 0 spiro atoms. The number of hydrogen-bond donors (Lipinski definition) is 1. The Bertz CT molecular complexity index is 1140. The topological polar surface area (TPSA) is 71.8 Å². The van der Waals surface area contributed by atoms with Crippen LogP contribution in [0.2, 0.25) is 0 Å². The first kappa shape index (κ1) is 22.2. The third-order valence-electron chi connectivity index (χ3n) is 5.99. The van der Waals surface area contributed by atoms with E-state index >= 15 is 0 Å². The van der Waals surface area contributed by atoms with Gasteiger partial charge in [0.05, 0.1) is 19.3 Å². The van der Waals surface area contributed by atoms with Gasteiger partial charge in [0.1, 0.15) is 11.1 Å². The molecule has 0 unspecified atom stereocenters. The summed E-state index contributed by atoms with van der Waals surface area (Å²) in [4.78, 5) is 27.6. The SMILES string of the molecule is CC(C)(C)c1ccc([C@@H](CNC(=O)c2cc3ccccc3oc2=O)N2CCOCC2)cc1. The lowest BCUT2D eigenvalue weighted by Crippen LogP contribution is -2.44. The zero-order valence-electron chi connectivity index (χ0n) is 18.9. The molecule has 6 nitrogen and oxygen atoms in total. The number of nitrogens with zero attached hydrogens (tertiary/aromatic N) is 1. The standard InChI is InChI=1S/C26H30N2O4/c1-26(2,3)20-10-8-18(9-11-20)22(28-12-14-31-15-13-28)17-27-24(29)21-16-19-6-4-5-7-23(19)32-25(21)30/h4-11,16,22H,12-15,17H2,1-3H3,(H,27,29)/t22-/m1/s1. The lowest BCUT2D eigenvalue weighted by Gasteiger charge is -2.35. The minimum atomic E-state index is -0.626. The minimum absolute atomic E-state index is 0.00985. The van der Waals surface area contributed by atoms with Gasteiger partial charge in [-0.2, -0.15) is 0 Å². The number of nitrogens with one attached hydrogen (secondary N) is 1. The van der Waals surface area contributed by atoms with Gasteiger partial charge in [-0.1, -0.05) is 63.2 Å². The predicted molar refractivity (Wildman–Crippen MR) is 125 cm³/mol. The van der Waals surface area contributed by atoms with Crippen molar-refractivity contribution in [2.24, 2.45) is 0 Å². The van der Waals surface area contributed by atoms with E-state index in [1.807, 2.05) is 12.1 Å². The second-order valence-electron chi connectivity index (χ2n) is 9.23. The average Bonchev–Trinajstić information content (AvgIpc) is 2.79. The highest BCUT2D eigenvalue weighted by Gasteiger charge is 2.25. The van der Waals surface area contributed by atoms with E-state index in [1.165, 1.54) is 5.56 Å². The molecular formula is C26H30N2O4. The van der Waals surface area contributed by atoms with Crippen LogP contribution in [0.3, 0.4) is 0 Å². The van der Waals surface area contributed by atoms with E-state index in [9.17, 15) is 9.59 Å².